The van der Waals surface area contributed by atoms with Crippen molar-refractivity contribution in [2.45, 2.75) is 25.4 Å². The zero-order valence-corrected chi connectivity index (χ0v) is 11.4. The second kappa shape index (κ2) is 4.96. The van der Waals surface area contributed by atoms with Crippen molar-refractivity contribution in [3.63, 3.8) is 0 Å². The van der Waals surface area contributed by atoms with Crippen molar-refractivity contribution in [1.29, 1.82) is 0 Å². The van der Waals surface area contributed by atoms with Crippen molar-refractivity contribution >= 4 is 11.6 Å². The van der Waals surface area contributed by atoms with Crippen LogP contribution in [-0.2, 0) is 6.54 Å². The molecule has 104 valence electrons. The van der Waals surface area contributed by atoms with Gasteiger partial charge in [0.05, 0.1) is 0 Å². The fraction of sp³-hybridized carbons (Fsp3) is 0.357. The number of hydrogen-bond acceptors (Lipinski definition) is 5. The molecule has 2 heterocycles. The molecule has 0 spiro atoms. The van der Waals surface area contributed by atoms with Crippen LogP contribution in [0.2, 0.25) is 0 Å². The zero-order valence-electron chi connectivity index (χ0n) is 11.4. The van der Waals surface area contributed by atoms with Crippen molar-refractivity contribution in [1.82, 2.24) is 14.5 Å². The van der Waals surface area contributed by atoms with Gasteiger partial charge in [-0.25, -0.2) is 9.97 Å². The summed E-state index contributed by atoms with van der Waals surface area (Å²) in [5.41, 5.74) is 6.53. The van der Waals surface area contributed by atoms with Crippen LogP contribution in [-0.4, -0.2) is 21.6 Å². The molecule has 0 atom stereocenters. The van der Waals surface area contributed by atoms with Crippen molar-refractivity contribution in [3.05, 3.63) is 46.6 Å². The van der Waals surface area contributed by atoms with E-state index in [1.54, 1.807) is 29.2 Å². The van der Waals surface area contributed by atoms with Gasteiger partial charge in [0.2, 0.25) is 0 Å². The van der Waals surface area contributed by atoms with Crippen LogP contribution in [0.4, 0.5) is 11.6 Å². The Kier molecular flexibility index (Phi) is 3.14. The van der Waals surface area contributed by atoms with E-state index >= 15 is 0 Å². The van der Waals surface area contributed by atoms with Crippen LogP contribution in [0.25, 0.3) is 0 Å². The lowest BCUT2D eigenvalue weighted by molar-refractivity contribution is 0.690. The molecule has 0 saturated heterocycles. The Morgan fingerprint density at radius 2 is 2.20 bits per heavy atom. The molecule has 0 amide bonds. The van der Waals surface area contributed by atoms with E-state index in [4.69, 9.17) is 5.73 Å². The van der Waals surface area contributed by atoms with Gasteiger partial charge < -0.3 is 15.2 Å². The Balaban J connectivity index is 1.83. The molecule has 0 bridgehead atoms. The Morgan fingerprint density at radius 3 is 2.85 bits per heavy atom. The molecule has 1 saturated carbocycles. The predicted molar refractivity (Wildman–Crippen MR) is 77.5 cm³/mol. The van der Waals surface area contributed by atoms with Crippen molar-refractivity contribution in [2.24, 2.45) is 0 Å². The third-order valence-corrected chi connectivity index (χ3v) is 3.42. The van der Waals surface area contributed by atoms with Gasteiger partial charge in [-0.2, -0.15) is 0 Å². The van der Waals surface area contributed by atoms with Crippen molar-refractivity contribution < 1.29 is 0 Å². The molecule has 0 aliphatic heterocycles. The molecule has 3 rings (SSSR count). The van der Waals surface area contributed by atoms with E-state index in [2.05, 4.69) is 9.97 Å². The molecule has 2 aromatic rings. The Morgan fingerprint density at radius 1 is 1.40 bits per heavy atom. The number of nitrogens with zero attached hydrogens (tertiary/aromatic N) is 4. The van der Waals surface area contributed by atoms with E-state index in [0.717, 1.165) is 18.4 Å². The molecular formula is C14H17N5O. The zero-order chi connectivity index (χ0) is 14.1. The summed E-state index contributed by atoms with van der Waals surface area (Å²) in [7, 11) is 1.86. The maximum Gasteiger partial charge on any atom is 0.293 e. The summed E-state index contributed by atoms with van der Waals surface area (Å²) in [5.74, 6) is 0.960. The van der Waals surface area contributed by atoms with Crippen LogP contribution in [0.15, 0.2) is 35.5 Å². The summed E-state index contributed by atoms with van der Waals surface area (Å²) < 4.78 is 1.78. The van der Waals surface area contributed by atoms with E-state index < -0.39 is 0 Å². The first kappa shape index (κ1) is 12.7. The largest absolute Gasteiger partial charge is 0.384 e. The van der Waals surface area contributed by atoms with E-state index in [1.807, 2.05) is 18.0 Å². The summed E-state index contributed by atoms with van der Waals surface area (Å²) >= 11 is 0. The van der Waals surface area contributed by atoms with Crippen LogP contribution < -0.4 is 16.2 Å². The third kappa shape index (κ3) is 2.49. The highest BCUT2D eigenvalue weighted by Gasteiger charge is 2.25. The number of hydrogen-bond donors (Lipinski definition) is 1. The second-order valence-electron chi connectivity index (χ2n) is 5.14. The van der Waals surface area contributed by atoms with Gasteiger partial charge in [-0.3, -0.25) is 4.79 Å². The molecule has 0 unspecified atom stereocenters. The molecule has 0 radical (unpaired) electrons. The molecule has 1 fully saturated rings. The quantitative estimate of drug-likeness (QED) is 0.904. The molecule has 2 N–H and O–H groups in total. The lowest BCUT2D eigenvalue weighted by Gasteiger charge is -2.18. The van der Waals surface area contributed by atoms with Crippen molar-refractivity contribution in [3.8, 4) is 0 Å². The van der Waals surface area contributed by atoms with E-state index in [-0.39, 0.29) is 5.56 Å². The minimum absolute atomic E-state index is 0.0269. The molecular weight excluding hydrogens is 254 g/mol. The fourth-order valence-corrected chi connectivity index (χ4v) is 2.19. The lowest BCUT2D eigenvalue weighted by Crippen LogP contribution is -2.30. The maximum atomic E-state index is 12.4. The first-order valence-electron chi connectivity index (χ1n) is 6.64. The Bertz CT molecular complexity index is 660. The summed E-state index contributed by atoms with van der Waals surface area (Å²) in [5, 5.41) is 0. The first-order valence-corrected chi connectivity index (χ1v) is 6.64. The summed E-state index contributed by atoms with van der Waals surface area (Å²) in [6.45, 7) is 0.574. The highest BCUT2D eigenvalue weighted by molar-refractivity contribution is 5.37. The van der Waals surface area contributed by atoms with Crippen LogP contribution >= 0.6 is 0 Å². The van der Waals surface area contributed by atoms with Crippen LogP contribution in [0, 0.1) is 0 Å². The maximum absolute atomic E-state index is 12.4. The third-order valence-electron chi connectivity index (χ3n) is 3.42. The highest BCUT2D eigenvalue weighted by Crippen LogP contribution is 2.33. The topological polar surface area (TPSA) is 77.0 Å². The van der Waals surface area contributed by atoms with Crippen molar-refractivity contribution in [2.75, 3.05) is 17.7 Å². The number of anilines is 2. The summed E-state index contributed by atoms with van der Waals surface area (Å²) in [6, 6.07) is 4.02. The van der Waals surface area contributed by atoms with Gasteiger partial charge in [-0.05, 0) is 24.5 Å². The molecule has 20 heavy (non-hydrogen) atoms. The molecule has 6 heteroatoms. The lowest BCUT2D eigenvalue weighted by atomic mass is 10.2. The van der Waals surface area contributed by atoms with Gasteiger partial charge >= 0.3 is 0 Å². The fourth-order valence-electron chi connectivity index (χ4n) is 2.19. The Labute approximate surface area is 116 Å². The average Bonchev–Trinajstić information content (AvgIpc) is 3.26. The summed E-state index contributed by atoms with van der Waals surface area (Å²) in [6.07, 6.45) is 7.33. The smallest absolute Gasteiger partial charge is 0.293 e. The second-order valence-corrected chi connectivity index (χ2v) is 5.14. The molecule has 6 nitrogen and oxygen atoms in total. The molecule has 1 aliphatic rings. The number of rotatable bonds is 4. The summed E-state index contributed by atoms with van der Waals surface area (Å²) in [4.78, 5) is 22.5. The van der Waals surface area contributed by atoms with Crippen LogP contribution in [0.1, 0.15) is 24.4 Å². The van der Waals surface area contributed by atoms with Gasteiger partial charge in [-0.1, -0.05) is 6.07 Å². The van der Waals surface area contributed by atoms with Crippen LogP contribution in [0.3, 0.4) is 0 Å². The molecule has 2 aromatic heterocycles. The van der Waals surface area contributed by atoms with Gasteiger partial charge in [0.25, 0.3) is 5.56 Å². The van der Waals surface area contributed by atoms with E-state index in [9.17, 15) is 4.79 Å². The van der Waals surface area contributed by atoms with Gasteiger partial charge in [0.15, 0.2) is 5.82 Å². The monoisotopic (exact) mass is 271 g/mol. The Hall–Kier alpha value is -2.37. The minimum atomic E-state index is -0.0269. The number of aromatic nitrogens is 3. The van der Waals surface area contributed by atoms with Gasteiger partial charge in [0, 0.05) is 38.2 Å². The number of pyridine rings is 1. The standard InChI is InChI=1S/C14H17N5O/c1-18(9-10-2-5-12(15)17-8-10)13-14(20)19(7-6-16-13)11-3-4-11/h2,5-8,11H,3-4,9H2,1H3,(H2,15,17). The number of nitrogens with two attached hydrogens (primary N) is 1. The van der Waals surface area contributed by atoms with Gasteiger partial charge in [-0.15, -0.1) is 0 Å². The average molecular weight is 271 g/mol. The van der Waals surface area contributed by atoms with E-state index in [1.165, 1.54) is 0 Å². The highest BCUT2D eigenvalue weighted by atomic mass is 16.1. The SMILES string of the molecule is CN(Cc1ccc(N)nc1)c1nccn(C2CC2)c1=O. The first-order chi connectivity index (χ1) is 9.65. The molecule has 0 aromatic carbocycles. The van der Waals surface area contributed by atoms with Crippen LogP contribution in [0.5, 0.6) is 0 Å². The predicted octanol–water partition coefficient (Wildman–Crippen LogP) is 1.19. The minimum Gasteiger partial charge on any atom is -0.384 e. The number of nitrogen functional groups attached to an aromatic ring is 1. The molecule has 1 aliphatic carbocycles. The van der Waals surface area contributed by atoms with E-state index in [0.29, 0.717) is 24.2 Å². The normalized spacial score (nSPS) is 14.2. The van der Waals surface area contributed by atoms with Gasteiger partial charge in [0.1, 0.15) is 5.82 Å².